The molecular weight excluding hydrogens is 264 g/mol. The molecule has 0 atom stereocenters. The van der Waals surface area contributed by atoms with E-state index >= 15 is 0 Å². The van der Waals surface area contributed by atoms with E-state index in [1.54, 1.807) is 11.6 Å². The second kappa shape index (κ2) is 6.12. The van der Waals surface area contributed by atoms with Crippen molar-refractivity contribution in [2.24, 2.45) is 0 Å². The third kappa shape index (κ3) is 3.72. The predicted molar refractivity (Wildman–Crippen MR) is 82.4 cm³/mol. The quantitative estimate of drug-likeness (QED) is 0.809. The zero-order valence-corrected chi connectivity index (χ0v) is 13.1. The van der Waals surface area contributed by atoms with Crippen molar-refractivity contribution in [1.29, 1.82) is 0 Å². The first kappa shape index (κ1) is 15.3. The number of ether oxygens (including phenoxy) is 1. The van der Waals surface area contributed by atoms with Gasteiger partial charge in [-0.2, -0.15) is 5.10 Å². The van der Waals surface area contributed by atoms with E-state index in [4.69, 9.17) is 4.74 Å². The number of rotatable bonds is 4. The molecule has 112 valence electrons. The highest BCUT2D eigenvalue weighted by Crippen LogP contribution is 2.22. The maximum absolute atomic E-state index is 12.1. The van der Waals surface area contributed by atoms with E-state index in [-0.39, 0.29) is 11.4 Å². The Bertz CT molecular complexity index is 609. The Labute approximate surface area is 125 Å². The molecule has 0 aliphatic carbocycles. The van der Waals surface area contributed by atoms with Crippen LogP contribution in [0.1, 0.15) is 49.4 Å². The maximum Gasteiger partial charge on any atom is 0.356 e. The number of hydrogen-bond donors (Lipinski definition) is 0. The van der Waals surface area contributed by atoms with Crippen molar-refractivity contribution >= 4 is 5.97 Å². The van der Waals surface area contributed by atoms with Crippen LogP contribution >= 0.6 is 0 Å². The highest BCUT2D eigenvalue weighted by molar-refractivity contribution is 5.87. The van der Waals surface area contributed by atoms with Gasteiger partial charge in [0, 0.05) is 5.41 Å². The maximum atomic E-state index is 12.1. The van der Waals surface area contributed by atoms with E-state index in [9.17, 15) is 4.79 Å². The molecule has 4 heteroatoms. The van der Waals surface area contributed by atoms with Gasteiger partial charge >= 0.3 is 5.97 Å². The lowest BCUT2D eigenvalue weighted by atomic mass is 9.92. The molecule has 0 N–H and O–H groups in total. The molecule has 0 fully saturated rings. The number of carbonyl (C=O) groups is 1. The van der Waals surface area contributed by atoms with Crippen molar-refractivity contribution in [1.82, 2.24) is 9.78 Å². The van der Waals surface area contributed by atoms with E-state index in [0.29, 0.717) is 18.8 Å². The van der Waals surface area contributed by atoms with Crippen molar-refractivity contribution in [2.75, 3.05) is 6.61 Å². The summed E-state index contributed by atoms with van der Waals surface area (Å²) >= 11 is 0. The van der Waals surface area contributed by atoms with Crippen molar-refractivity contribution < 1.29 is 9.53 Å². The minimum atomic E-state index is -0.323. The Balaban J connectivity index is 2.37. The molecule has 2 aromatic rings. The Morgan fingerprint density at radius 3 is 2.48 bits per heavy atom. The number of carbonyl (C=O) groups excluding carboxylic acids is 1. The van der Waals surface area contributed by atoms with Crippen molar-refractivity contribution in [3.8, 4) is 0 Å². The Kier molecular flexibility index (Phi) is 4.46. The van der Waals surface area contributed by atoms with Crippen molar-refractivity contribution in [3.63, 3.8) is 0 Å². The lowest BCUT2D eigenvalue weighted by molar-refractivity contribution is 0.0512. The van der Waals surface area contributed by atoms with Crippen LogP contribution < -0.4 is 0 Å². The summed E-state index contributed by atoms with van der Waals surface area (Å²) in [5, 5.41) is 4.60. The van der Waals surface area contributed by atoms with Gasteiger partial charge in [0.2, 0.25) is 0 Å². The van der Waals surface area contributed by atoms with Crippen LogP contribution in [0.3, 0.4) is 0 Å². The number of hydrogen-bond acceptors (Lipinski definition) is 3. The predicted octanol–water partition coefficient (Wildman–Crippen LogP) is 3.41. The summed E-state index contributed by atoms with van der Waals surface area (Å²) in [6, 6.07) is 11.8. The van der Waals surface area contributed by atoms with Crippen LogP contribution in [0.25, 0.3) is 0 Å². The van der Waals surface area contributed by atoms with Gasteiger partial charge in [0.1, 0.15) is 5.69 Å². The van der Waals surface area contributed by atoms with E-state index < -0.39 is 0 Å². The standard InChI is InChI=1S/C17H22N2O2/c1-5-21-16(20)14-11-15(17(2,3)4)18-19(14)12-13-9-7-6-8-10-13/h6-11H,5,12H2,1-4H3. The van der Waals surface area contributed by atoms with Gasteiger partial charge in [-0.1, -0.05) is 51.1 Å². The van der Waals surface area contributed by atoms with Gasteiger partial charge in [0.15, 0.2) is 0 Å². The molecule has 0 aliphatic heterocycles. The van der Waals surface area contributed by atoms with E-state index in [1.165, 1.54) is 0 Å². The molecule has 2 rings (SSSR count). The van der Waals surface area contributed by atoms with Gasteiger partial charge in [-0.25, -0.2) is 4.79 Å². The third-order valence-electron chi connectivity index (χ3n) is 3.21. The fraction of sp³-hybridized carbons (Fsp3) is 0.412. The highest BCUT2D eigenvalue weighted by atomic mass is 16.5. The first-order chi connectivity index (χ1) is 9.91. The molecule has 4 nitrogen and oxygen atoms in total. The first-order valence-electron chi connectivity index (χ1n) is 7.21. The van der Waals surface area contributed by atoms with E-state index in [2.05, 4.69) is 25.9 Å². The van der Waals surface area contributed by atoms with Gasteiger partial charge in [0.25, 0.3) is 0 Å². The minimum absolute atomic E-state index is 0.108. The fourth-order valence-electron chi connectivity index (χ4n) is 2.03. The molecule has 0 amide bonds. The minimum Gasteiger partial charge on any atom is -0.461 e. The van der Waals surface area contributed by atoms with Gasteiger partial charge < -0.3 is 4.74 Å². The number of esters is 1. The normalized spacial score (nSPS) is 11.4. The van der Waals surface area contributed by atoms with E-state index in [1.807, 2.05) is 36.4 Å². The topological polar surface area (TPSA) is 44.1 Å². The molecule has 1 aromatic heterocycles. The van der Waals surface area contributed by atoms with Crippen LogP contribution in [0.4, 0.5) is 0 Å². The molecule has 0 aliphatic rings. The van der Waals surface area contributed by atoms with Crippen LogP contribution in [-0.2, 0) is 16.7 Å². The number of benzene rings is 1. The lowest BCUT2D eigenvalue weighted by Gasteiger charge is -2.14. The fourth-order valence-corrected chi connectivity index (χ4v) is 2.03. The Hall–Kier alpha value is -2.10. The molecule has 0 saturated heterocycles. The zero-order valence-electron chi connectivity index (χ0n) is 13.1. The number of nitrogens with zero attached hydrogens (tertiary/aromatic N) is 2. The molecule has 0 spiro atoms. The van der Waals surface area contributed by atoms with Gasteiger partial charge in [-0.15, -0.1) is 0 Å². The van der Waals surface area contributed by atoms with Crippen LogP contribution in [0.2, 0.25) is 0 Å². The van der Waals surface area contributed by atoms with E-state index in [0.717, 1.165) is 11.3 Å². The average molecular weight is 286 g/mol. The summed E-state index contributed by atoms with van der Waals surface area (Å²) in [5.41, 5.74) is 2.39. The third-order valence-corrected chi connectivity index (χ3v) is 3.21. The summed E-state index contributed by atoms with van der Waals surface area (Å²) in [4.78, 5) is 12.1. The molecule has 0 unspecified atom stereocenters. The molecule has 0 bridgehead atoms. The smallest absolute Gasteiger partial charge is 0.356 e. The molecular formula is C17H22N2O2. The largest absolute Gasteiger partial charge is 0.461 e. The van der Waals surface area contributed by atoms with Gasteiger partial charge in [-0.3, -0.25) is 4.68 Å². The lowest BCUT2D eigenvalue weighted by Crippen LogP contribution is -2.15. The zero-order chi connectivity index (χ0) is 15.5. The van der Waals surface area contributed by atoms with Crippen molar-refractivity contribution in [2.45, 2.75) is 39.7 Å². The second-order valence-electron chi connectivity index (χ2n) is 6.03. The second-order valence-corrected chi connectivity index (χ2v) is 6.03. The van der Waals surface area contributed by atoms with Crippen LogP contribution in [0.15, 0.2) is 36.4 Å². The summed E-state index contributed by atoms with van der Waals surface area (Å²) in [6.45, 7) is 8.97. The SMILES string of the molecule is CCOC(=O)c1cc(C(C)(C)C)nn1Cc1ccccc1. The Morgan fingerprint density at radius 2 is 1.90 bits per heavy atom. The molecule has 21 heavy (non-hydrogen) atoms. The Morgan fingerprint density at radius 1 is 1.24 bits per heavy atom. The average Bonchev–Trinajstić information content (AvgIpc) is 2.84. The van der Waals surface area contributed by atoms with Crippen LogP contribution in [0, 0.1) is 0 Å². The molecule has 0 saturated carbocycles. The summed E-state index contributed by atoms with van der Waals surface area (Å²) in [7, 11) is 0. The number of aromatic nitrogens is 2. The van der Waals surface area contributed by atoms with Gasteiger partial charge in [-0.05, 0) is 18.6 Å². The summed E-state index contributed by atoms with van der Waals surface area (Å²) in [5.74, 6) is -0.323. The molecule has 0 radical (unpaired) electrons. The van der Waals surface area contributed by atoms with Crippen LogP contribution in [0.5, 0.6) is 0 Å². The summed E-state index contributed by atoms with van der Waals surface area (Å²) in [6.07, 6.45) is 0. The van der Waals surface area contributed by atoms with Gasteiger partial charge in [0.05, 0.1) is 18.8 Å². The van der Waals surface area contributed by atoms with Crippen molar-refractivity contribution in [3.05, 3.63) is 53.3 Å². The monoisotopic (exact) mass is 286 g/mol. The van der Waals surface area contributed by atoms with Crippen LogP contribution in [-0.4, -0.2) is 22.4 Å². The summed E-state index contributed by atoms with van der Waals surface area (Å²) < 4.78 is 6.86. The molecule has 1 aromatic carbocycles. The first-order valence-corrected chi connectivity index (χ1v) is 7.21. The molecule has 1 heterocycles. The highest BCUT2D eigenvalue weighted by Gasteiger charge is 2.23.